The number of likely N-dealkylation sites (N-methyl/N-ethyl adjacent to an activating group) is 1. The van der Waals surface area contributed by atoms with Crippen LogP contribution < -0.4 is 5.73 Å². The van der Waals surface area contributed by atoms with E-state index in [0.717, 1.165) is 13.1 Å². The average molecular weight is 246 g/mol. The lowest BCUT2D eigenvalue weighted by atomic mass is 10.1. The van der Waals surface area contributed by atoms with Gasteiger partial charge in [0.15, 0.2) is 0 Å². The van der Waals surface area contributed by atoms with Crippen molar-refractivity contribution in [2.75, 3.05) is 19.6 Å². The maximum atomic E-state index is 5.89. The average Bonchev–Trinajstić information content (AvgIpc) is 2.43. The summed E-state index contributed by atoms with van der Waals surface area (Å²) in [4.78, 5) is 2.45. The highest BCUT2D eigenvalue weighted by Gasteiger charge is 2.11. The van der Waals surface area contributed by atoms with E-state index >= 15 is 0 Å². The fourth-order valence-corrected chi connectivity index (χ4v) is 2.06. The van der Waals surface area contributed by atoms with Crippen LogP contribution in [0.1, 0.15) is 32.3 Å². The largest absolute Gasteiger partial charge is 0.329 e. The molecule has 1 aromatic rings. The van der Waals surface area contributed by atoms with Crippen LogP contribution in [0, 0.1) is 0 Å². The molecule has 1 rings (SSSR count). The Kier molecular flexibility index (Phi) is 7.38. The summed E-state index contributed by atoms with van der Waals surface area (Å²) in [7, 11) is 0. The molecule has 0 saturated carbocycles. The fourth-order valence-electron chi connectivity index (χ4n) is 2.06. The van der Waals surface area contributed by atoms with E-state index in [-0.39, 0.29) is 0 Å². The van der Waals surface area contributed by atoms with Crippen molar-refractivity contribution < 1.29 is 0 Å². The Balaban J connectivity index is 2.62. The zero-order valence-corrected chi connectivity index (χ0v) is 11.7. The fraction of sp³-hybridized carbons (Fsp3) is 0.500. The van der Waals surface area contributed by atoms with Crippen LogP contribution in [0.5, 0.6) is 0 Å². The monoisotopic (exact) mass is 246 g/mol. The smallest absolute Gasteiger partial charge is 0.0404 e. The Morgan fingerprint density at radius 1 is 1.22 bits per heavy atom. The first-order chi connectivity index (χ1) is 8.81. The molecule has 0 radical (unpaired) electrons. The standard InChI is InChI=1S/C16H26N2/c1-3-5-13-18(4-2)16(14-17)12-11-15-9-7-6-8-10-15/h6-12,16H,3-5,13-14,17H2,1-2H3/b12-11-. The van der Waals surface area contributed by atoms with Gasteiger partial charge in [-0.15, -0.1) is 0 Å². The van der Waals surface area contributed by atoms with Crippen molar-refractivity contribution in [3.05, 3.63) is 42.0 Å². The van der Waals surface area contributed by atoms with Gasteiger partial charge < -0.3 is 5.73 Å². The first-order valence-corrected chi connectivity index (χ1v) is 6.99. The van der Waals surface area contributed by atoms with E-state index < -0.39 is 0 Å². The van der Waals surface area contributed by atoms with Gasteiger partial charge in [-0.05, 0) is 25.1 Å². The molecule has 1 unspecified atom stereocenters. The molecule has 0 aliphatic heterocycles. The lowest BCUT2D eigenvalue weighted by Crippen LogP contribution is -2.39. The van der Waals surface area contributed by atoms with Crippen LogP contribution in [0.4, 0.5) is 0 Å². The van der Waals surface area contributed by atoms with Crippen molar-refractivity contribution in [1.29, 1.82) is 0 Å². The molecule has 2 N–H and O–H groups in total. The van der Waals surface area contributed by atoms with Crippen molar-refractivity contribution >= 4 is 6.08 Å². The zero-order chi connectivity index (χ0) is 13.2. The van der Waals surface area contributed by atoms with Crippen LogP contribution in [0.25, 0.3) is 6.08 Å². The van der Waals surface area contributed by atoms with Crippen LogP contribution in [-0.2, 0) is 0 Å². The number of hydrogen-bond acceptors (Lipinski definition) is 2. The lowest BCUT2D eigenvalue weighted by Gasteiger charge is -2.27. The second kappa shape index (κ2) is 8.90. The zero-order valence-electron chi connectivity index (χ0n) is 11.7. The van der Waals surface area contributed by atoms with E-state index in [0.29, 0.717) is 12.6 Å². The van der Waals surface area contributed by atoms with Gasteiger partial charge in [0.1, 0.15) is 0 Å². The molecule has 0 fully saturated rings. The van der Waals surface area contributed by atoms with Crippen LogP contribution in [0.3, 0.4) is 0 Å². The Morgan fingerprint density at radius 3 is 2.50 bits per heavy atom. The van der Waals surface area contributed by atoms with Gasteiger partial charge in [-0.2, -0.15) is 0 Å². The molecule has 0 amide bonds. The summed E-state index contributed by atoms with van der Waals surface area (Å²) in [6.45, 7) is 7.30. The molecule has 0 spiro atoms. The molecule has 0 aromatic heterocycles. The van der Waals surface area contributed by atoms with E-state index in [1.165, 1.54) is 18.4 Å². The summed E-state index contributed by atoms with van der Waals surface area (Å²) in [5, 5.41) is 0. The molecule has 0 saturated heterocycles. The van der Waals surface area contributed by atoms with Gasteiger partial charge in [0, 0.05) is 12.6 Å². The van der Waals surface area contributed by atoms with Crippen LogP contribution >= 0.6 is 0 Å². The van der Waals surface area contributed by atoms with Gasteiger partial charge >= 0.3 is 0 Å². The number of nitrogens with zero attached hydrogens (tertiary/aromatic N) is 1. The quantitative estimate of drug-likeness (QED) is 0.763. The van der Waals surface area contributed by atoms with Crippen molar-refractivity contribution in [3.8, 4) is 0 Å². The molecule has 18 heavy (non-hydrogen) atoms. The third-order valence-corrected chi connectivity index (χ3v) is 3.23. The first kappa shape index (κ1) is 14.9. The normalized spacial score (nSPS) is 13.3. The van der Waals surface area contributed by atoms with E-state index in [2.05, 4.69) is 55.2 Å². The highest BCUT2D eigenvalue weighted by atomic mass is 15.1. The Bertz CT molecular complexity index is 332. The maximum Gasteiger partial charge on any atom is 0.0404 e. The lowest BCUT2D eigenvalue weighted by molar-refractivity contribution is 0.242. The Hall–Kier alpha value is -1.12. The molecule has 2 heteroatoms. The predicted octanol–water partition coefficient (Wildman–Crippen LogP) is 3.15. The van der Waals surface area contributed by atoms with E-state index in [9.17, 15) is 0 Å². The summed E-state index contributed by atoms with van der Waals surface area (Å²) >= 11 is 0. The summed E-state index contributed by atoms with van der Waals surface area (Å²) in [5.41, 5.74) is 7.13. The maximum absolute atomic E-state index is 5.89. The third kappa shape index (κ3) is 5.03. The summed E-state index contributed by atoms with van der Waals surface area (Å²) in [6, 6.07) is 10.7. The number of hydrogen-bond donors (Lipinski definition) is 1. The Labute approximate surface area is 111 Å². The van der Waals surface area contributed by atoms with Crippen molar-refractivity contribution in [2.24, 2.45) is 5.73 Å². The van der Waals surface area contributed by atoms with Gasteiger partial charge in [-0.1, -0.05) is 62.8 Å². The van der Waals surface area contributed by atoms with Crippen LogP contribution in [0.15, 0.2) is 36.4 Å². The topological polar surface area (TPSA) is 29.3 Å². The van der Waals surface area contributed by atoms with Gasteiger partial charge in [0.2, 0.25) is 0 Å². The molecule has 1 aromatic carbocycles. The molecule has 2 nitrogen and oxygen atoms in total. The third-order valence-electron chi connectivity index (χ3n) is 3.23. The van der Waals surface area contributed by atoms with Crippen molar-refractivity contribution in [3.63, 3.8) is 0 Å². The van der Waals surface area contributed by atoms with E-state index in [1.54, 1.807) is 0 Å². The van der Waals surface area contributed by atoms with Crippen LogP contribution in [-0.4, -0.2) is 30.6 Å². The second-order valence-corrected chi connectivity index (χ2v) is 4.55. The van der Waals surface area contributed by atoms with Gasteiger partial charge in [0.05, 0.1) is 0 Å². The van der Waals surface area contributed by atoms with Crippen molar-refractivity contribution in [1.82, 2.24) is 4.90 Å². The molecule has 0 bridgehead atoms. The van der Waals surface area contributed by atoms with E-state index in [1.807, 2.05) is 6.07 Å². The SMILES string of the molecule is CCCCN(CC)C(/C=C\c1ccccc1)CN. The molecule has 0 heterocycles. The number of rotatable bonds is 8. The molecule has 0 aliphatic rings. The summed E-state index contributed by atoms with van der Waals surface area (Å²) in [6.07, 6.45) is 6.88. The minimum absolute atomic E-state index is 0.349. The number of benzene rings is 1. The van der Waals surface area contributed by atoms with Gasteiger partial charge in [-0.3, -0.25) is 4.90 Å². The molecular formula is C16H26N2. The van der Waals surface area contributed by atoms with Crippen LogP contribution in [0.2, 0.25) is 0 Å². The minimum atomic E-state index is 0.349. The molecular weight excluding hydrogens is 220 g/mol. The number of unbranched alkanes of at least 4 members (excludes halogenated alkanes) is 1. The van der Waals surface area contributed by atoms with Gasteiger partial charge in [-0.25, -0.2) is 0 Å². The van der Waals surface area contributed by atoms with E-state index in [4.69, 9.17) is 5.73 Å². The Morgan fingerprint density at radius 2 is 1.94 bits per heavy atom. The first-order valence-electron chi connectivity index (χ1n) is 6.99. The number of nitrogens with two attached hydrogens (primary N) is 1. The molecule has 0 aliphatic carbocycles. The highest BCUT2D eigenvalue weighted by Crippen LogP contribution is 2.07. The second-order valence-electron chi connectivity index (χ2n) is 4.55. The predicted molar refractivity (Wildman–Crippen MR) is 80.5 cm³/mol. The summed E-state index contributed by atoms with van der Waals surface area (Å²) in [5.74, 6) is 0. The van der Waals surface area contributed by atoms with Gasteiger partial charge in [0.25, 0.3) is 0 Å². The summed E-state index contributed by atoms with van der Waals surface area (Å²) < 4.78 is 0. The minimum Gasteiger partial charge on any atom is -0.329 e. The molecule has 100 valence electrons. The van der Waals surface area contributed by atoms with Crippen molar-refractivity contribution in [2.45, 2.75) is 32.7 Å². The molecule has 1 atom stereocenters. The highest BCUT2D eigenvalue weighted by molar-refractivity contribution is 5.49.